The largest absolute Gasteiger partial charge is 0.395 e. The minimum atomic E-state index is 0.103. The molecule has 1 aromatic heterocycles. The SMILES string of the molecule is CCCc1nc(NN)c(C)c(N(CC)CCO)n1. The minimum Gasteiger partial charge on any atom is -0.395 e. The Labute approximate surface area is 108 Å². The molecule has 0 atom stereocenters. The summed E-state index contributed by atoms with van der Waals surface area (Å²) in [5, 5.41) is 9.09. The van der Waals surface area contributed by atoms with E-state index in [1.165, 1.54) is 0 Å². The number of aromatic nitrogens is 2. The molecule has 0 spiro atoms. The third-order valence-electron chi connectivity index (χ3n) is 2.83. The van der Waals surface area contributed by atoms with Gasteiger partial charge in [0.15, 0.2) is 0 Å². The molecule has 102 valence electrons. The Bertz CT molecular complexity index is 383. The summed E-state index contributed by atoms with van der Waals surface area (Å²) in [6, 6.07) is 0. The highest BCUT2D eigenvalue weighted by molar-refractivity contribution is 5.58. The summed E-state index contributed by atoms with van der Waals surface area (Å²) in [6.45, 7) is 7.50. The molecular formula is C12H23N5O. The van der Waals surface area contributed by atoms with Crippen LogP contribution in [0.15, 0.2) is 0 Å². The number of aryl methyl sites for hydroxylation is 1. The third kappa shape index (κ3) is 3.30. The van der Waals surface area contributed by atoms with Crippen LogP contribution < -0.4 is 16.2 Å². The van der Waals surface area contributed by atoms with E-state index in [4.69, 9.17) is 10.9 Å². The first-order chi connectivity index (χ1) is 8.67. The molecule has 4 N–H and O–H groups in total. The van der Waals surface area contributed by atoms with Crippen molar-refractivity contribution in [2.75, 3.05) is 30.0 Å². The Morgan fingerprint density at radius 3 is 2.56 bits per heavy atom. The lowest BCUT2D eigenvalue weighted by atomic mass is 10.2. The molecule has 6 nitrogen and oxygen atoms in total. The maximum atomic E-state index is 9.09. The second-order valence-electron chi connectivity index (χ2n) is 4.13. The fourth-order valence-corrected chi connectivity index (χ4v) is 1.87. The number of nitrogens with one attached hydrogen (secondary N) is 1. The maximum absolute atomic E-state index is 9.09. The van der Waals surface area contributed by atoms with Crippen LogP contribution in [-0.2, 0) is 6.42 Å². The van der Waals surface area contributed by atoms with E-state index in [2.05, 4.69) is 22.3 Å². The van der Waals surface area contributed by atoms with Crippen LogP contribution in [0.2, 0.25) is 0 Å². The quantitative estimate of drug-likeness (QED) is 0.493. The molecule has 0 aliphatic heterocycles. The van der Waals surface area contributed by atoms with Gasteiger partial charge in [0.2, 0.25) is 0 Å². The Morgan fingerprint density at radius 1 is 1.33 bits per heavy atom. The second-order valence-corrected chi connectivity index (χ2v) is 4.13. The Hall–Kier alpha value is -1.40. The molecule has 1 heterocycles. The number of nitrogens with zero attached hydrogens (tertiary/aromatic N) is 3. The number of likely N-dealkylation sites (N-methyl/N-ethyl adjacent to an activating group) is 1. The Morgan fingerprint density at radius 2 is 2.06 bits per heavy atom. The average Bonchev–Trinajstić information content (AvgIpc) is 2.38. The molecule has 0 aliphatic carbocycles. The number of hydrogen-bond donors (Lipinski definition) is 3. The van der Waals surface area contributed by atoms with Crippen molar-refractivity contribution in [1.82, 2.24) is 9.97 Å². The van der Waals surface area contributed by atoms with E-state index in [1.807, 2.05) is 18.7 Å². The number of rotatable bonds is 7. The van der Waals surface area contributed by atoms with Crippen molar-refractivity contribution in [2.45, 2.75) is 33.6 Å². The van der Waals surface area contributed by atoms with Gasteiger partial charge in [-0.1, -0.05) is 6.92 Å². The van der Waals surface area contributed by atoms with E-state index in [0.717, 1.165) is 36.6 Å². The molecule has 0 unspecified atom stereocenters. The van der Waals surface area contributed by atoms with Gasteiger partial charge in [-0.15, -0.1) is 0 Å². The second kappa shape index (κ2) is 7.13. The molecule has 0 radical (unpaired) electrons. The van der Waals surface area contributed by atoms with E-state index in [1.54, 1.807) is 0 Å². The first-order valence-electron chi connectivity index (χ1n) is 6.37. The van der Waals surface area contributed by atoms with Crippen LogP contribution in [0, 0.1) is 6.92 Å². The first-order valence-corrected chi connectivity index (χ1v) is 6.37. The van der Waals surface area contributed by atoms with Crippen molar-refractivity contribution >= 4 is 11.6 Å². The van der Waals surface area contributed by atoms with E-state index in [0.29, 0.717) is 12.4 Å². The van der Waals surface area contributed by atoms with Gasteiger partial charge in [-0.25, -0.2) is 15.8 Å². The van der Waals surface area contributed by atoms with Crippen molar-refractivity contribution < 1.29 is 5.11 Å². The van der Waals surface area contributed by atoms with Crippen LogP contribution in [0.3, 0.4) is 0 Å². The summed E-state index contributed by atoms with van der Waals surface area (Å²) in [5.41, 5.74) is 3.53. The number of hydrogen-bond acceptors (Lipinski definition) is 6. The highest BCUT2D eigenvalue weighted by atomic mass is 16.3. The summed E-state index contributed by atoms with van der Waals surface area (Å²) < 4.78 is 0. The van der Waals surface area contributed by atoms with Gasteiger partial charge in [0.1, 0.15) is 17.5 Å². The lowest BCUT2D eigenvalue weighted by Crippen LogP contribution is -2.29. The summed E-state index contributed by atoms with van der Waals surface area (Å²) in [5.74, 6) is 7.77. The molecular weight excluding hydrogens is 230 g/mol. The molecule has 0 bridgehead atoms. The minimum absolute atomic E-state index is 0.103. The van der Waals surface area contributed by atoms with E-state index in [9.17, 15) is 0 Å². The zero-order chi connectivity index (χ0) is 13.5. The zero-order valence-electron chi connectivity index (χ0n) is 11.4. The molecule has 1 rings (SSSR count). The van der Waals surface area contributed by atoms with Crippen LogP contribution in [0.4, 0.5) is 11.6 Å². The molecule has 0 aliphatic rings. The predicted octanol–water partition coefficient (Wildman–Crippen LogP) is 0.842. The molecule has 1 aromatic rings. The van der Waals surface area contributed by atoms with Crippen molar-refractivity contribution in [1.29, 1.82) is 0 Å². The molecule has 0 amide bonds. The monoisotopic (exact) mass is 253 g/mol. The van der Waals surface area contributed by atoms with Gasteiger partial charge in [-0.2, -0.15) is 0 Å². The van der Waals surface area contributed by atoms with Crippen LogP contribution in [-0.4, -0.2) is 34.8 Å². The predicted molar refractivity (Wildman–Crippen MR) is 73.5 cm³/mol. The highest BCUT2D eigenvalue weighted by Crippen LogP contribution is 2.23. The number of nitrogens with two attached hydrogens (primary N) is 1. The molecule has 0 aromatic carbocycles. The maximum Gasteiger partial charge on any atom is 0.148 e. The van der Waals surface area contributed by atoms with E-state index < -0.39 is 0 Å². The third-order valence-corrected chi connectivity index (χ3v) is 2.83. The smallest absolute Gasteiger partial charge is 0.148 e. The number of aliphatic hydroxyl groups excluding tert-OH is 1. The van der Waals surface area contributed by atoms with Gasteiger partial charge in [0.25, 0.3) is 0 Å². The van der Waals surface area contributed by atoms with Crippen molar-refractivity contribution in [3.05, 3.63) is 11.4 Å². The van der Waals surface area contributed by atoms with Crippen LogP contribution in [0.5, 0.6) is 0 Å². The normalized spacial score (nSPS) is 10.5. The van der Waals surface area contributed by atoms with Crippen molar-refractivity contribution in [2.24, 2.45) is 5.84 Å². The number of nitrogen functional groups attached to an aromatic ring is 1. The van der Waals surface area contributed by atoms with Gasteiger partial charge in [0.05, 0.1) is 6.61 Å². The van der Waals surface area contributed by atoms with Crippen LogP contribution in [0.1, 0.15) is 31.7 Å². The standard InChI is InChI=1S/C12H23N5O/c1-4-6-10-14-11(16-13)9(3)12(15-10)17(5-2)7-8-18/h18H,4-8,13H2,1-3H3,(H,14,15,16). The summed E-state index contributed by atoms with van der Waals surface area (Å²) >= 11 is 0. The topological polar surface area (TPSA) is 87.3 Å². The Balaban J connectivity index is 3.17. The molecule has 0 saturated heterocycles. The van der Waals surface area contributed by atoms with E-state index >= 15 is 0 Å². The molecule has 0 fully saturated rings. The van der Waals surface area contributed by atoms with Gasteiger partial charge in [0, 0.05) is 25.1 Å². The number of aliphatic hydroxyl groups is 1. The van der Waals surface area contributed by atoms with Crippen molar-refractivity contribution in [3.63, 3.8) is 0 Å². The Kier molecular flexibility index (Phi) is 5.80. The lowest BCUT2D eigenvalue weighted by Gasteiger charge is -2.24. The van der Waals surface area contributed by atoms with Gasteiger partial charge in [-0.3, -0.25) is 0 Å². The summed E-state index contributed by atoms with van der Waals surface area (Å²) in [6.07, 6.45) is 1.80. The van der Waals surface area contributed by atoms with Crippen LogP contribution >= 0.6 is 0 Å². The number of anilines is 2. The average molecular weight is 253 g/mol. The molecule has 6 heteroatoms. The van der Waals surface area contributed by atoms with Crippen LogP contribution in [0.25, 0.3) is 0 Å². The van der Waals surface area contributed by atoms with Gasteiger partial charge < -0.3 is 15.4 Å². The molecule has 0 saturated carbocycles. The number of hydrazine groups is 1. The fourth-order valence-electron chi connectivity index (χ4n) is 1.87. The van der Waals surface area contributed by atoms with Gasteiger partial charge >= 0.3 is 0 Å². The zero-order valence-corrected chi connectivity index (χ0v) is 11.4. The first kappa shape index (κ1) is 14.7. The van der Waals surface area contributed by atoms with Crippen molar-refractivity contribution in [3.8, 4) is 0 Å². The lowest BCUT2D eigenvalue weighted by molar-refractivity contribution is 0.302. The summed E-state index contributed by atoms with van der Waals surface area (Å²) in [4.78, 5) is 11.0. The molecule has 18 heavy (non-hydrogen) atoms. The van der Waals surface area contributed by atoms with E-state index in [-0.39, 0.29) is 6.61 Å². The fraction of sp³-hybridized carbons (Fsp3) is 0.667. The highest BCUT2D eigenvalue weighted by Gasteiger charge is 2.14. The summed E-state index contributed by atoms with van der Waals surface area (Å²) in [7, 11) is 0. The van der Waals surface area contributed by atoms with Gasteiger partial charge in [-0.05, 0) is 20.3 Å².